The molecule has 24 nitrogen and oxygen atoms in total. The van der Waals surface area contributed by atoms with Gasteiger partial charge in [-0.25, -0.2) is 0 Å². The molecule has 17 N–H and O–H groups in total. The van der Waals surface area contributed by atoms with Crippen LogP contribution in [0.3, 0.4) is 0 Å². The Labute approximate surface area is 377 Å². The zero-order valence-electron chi connectivity index (χ0n) is 35.3. The zero-order chi connectivity index (χ0) is 47.5. The molecule has 2 saturated heterocycles. The topological polar surface area (TPSA) is 406 Å². The van der Waals surface area contributed by atoms with E-state index in [1.807, 2.05) is 0 Å². The second-order valence-electron chi connectivity index (χ2n) is 15.1. The summed E-state index contributed by atoms with van der Waals surface area (Å²) in [6, 6.07) is -0.595. The summed E-state index contributed by atoms with van der Waals surface area (Å²) in [4.78, 5) is 138. The normalized spacial score (nSPS) is 23.0. The highest BCUT2D eigenvalue weighted by Gasteiger charge is 2.41. The average Bonchev–Trinajstić information content (AvgIpc) is 3.74. The van der Waals surface area contributed by atoms with Crippen molar-refractivity contribution in [1.29, 1.82) is 0 Å². The first-order valence-corrected chi connectivity index (χ1v) is 22.8. The van der Waals surface area contributed by atoms with Gasteiger partial charge >= 0.3 is 0 Å². The number of aliphatic imine (C=N–C) groups is 1. The van der Waals surface area contributed by atoms with Crippen LogP contribution in [0.25, 0.3) is 0 Å². The van der Waals surface area contributed by atoms with Gasteiger partial charge in [0.15, 0.2) is 5.96 Å². The number of nitrogens with zero attached hydrogens (tertiary/aromatic N) is 3. The van der Waals surface area contributed by atoms with Crippen LogP contribution in [0, 0.1) is 0 Å². The predicted molar refractivity (Wildman–Crippen MR) is 236 cm³/mol. The molecule has 352 valence electrons. The number of amides is 10. The lowest BCUT2D eigenvalue weighted by Crippen LogP contribution is -2.60. The van der Waals surface area contributed by atoms with E-state index in [2.05, 4.69) is 31.6 Å². The molecule has 0 radical (unpaired) electrons. The Balaban J connectivity index is 1.96. The third kappa shape index (κ3) is 16.9. The summed E-state index contributed by atoms with van der Waals surface area (Å²) in [5, 5.41) is 12.5. The van der Waals surface area contributed by atoms with Gasteiger partial charge in [-0.2, -0.15) is 0 Å². The summed E-state index contributed by atoms with van der Waals surface area (Å²) in [6.07, 6.45) is -0.690. The number of likely N-dealkylation sites (N-methyl/N-ethyl adjacent to an activating group) is 1. The van der Waals surface area contributed by atoms with Crippen LogP contribution in [-0.4, -0.2) is 155 Å². The molecule has 2 fully saturated rings. The van der Waals surface area contributed by atoms with Gasteiger partial charge in [0.05, 0.1) is 19.0 Å². The molecule has 3 rings (SSSR count). The van der Waals surface area contributed by atoms with Gasteiger partial charge in [0, 0.05) is 44.5 Å². The number of nitrogens with one attached hydrogen (secondary N) is 5. The third-order valence-electron chi connectivity index (χ3n) is 10.1. The maximum absolute atomic E-state index is 14.4. The average molecular weight is 935 g/mol. The van der Waals surface area contributed by atoms with Crippen molar-refractivity contribution in [1.82, 2.24) is 36.4 Å². The number of guanidine groups is 1. The Kier molecular flexibility index (Phi) is 21.1. The summed E-state index contributed by atoms with van der Waals surface area (Å²) in [5.41, 5.74) is 33.8. The largest absolute Gasteiger partial charge is 0.370 e. The van der Waals surface area contributed by atoms with Crippen molar-refractivity contribution in [2.24, 2.45) is 39.4 Å². The molecule has 7 atom stereocenters. The quantitative estimate of drug-likeness (QED) is 0.0301. The standard InChI is InChI=1S/C38H58N14O10S2/c1-51-27(15-20-7-3-2-4-8-20)35(60)48-23(11-12-28(40)53)32(57)49-24(16-29(41)54)33(58)50-25(19-64-63-18-21(39)36(51)61)37(62)52-14-6-10-26(52)34(59)47-22(9-5-13-45-38(43)44)31(56)46-17-30(42)55/h2-4,7-8,21-27H,5-6,9-19,39H2,1H3,(H2,40,53)(H2,41,54)(H2,42,55)(H,46,56)(H,47,59)(H,48,60)(H,49,57)(H,50,58)(H4,43,44,45)/t21-,22-,23-,24-,25-,26-,27-/m0/s1. The smallest absolute Gasteiger partial charge is 0.246 e. The first-order chi connectivity index (χ1) is 30.3. The Morgan fingerprint density at radius 2 is 1.52 bits per heavy atom. The van der Waals surface area contributed by atoms with Crippen molar-refractivity contribution in [3.05, 3.63) is 35.9 Å². The fourth-order valence-electron chi connectivity index (χ4n) is 6.76. The third-order valence-corrected chi connectivity index (χ3v) is 12.5. The minimum Gasteiger partial charge on any atom is -0.370 e. The second-order valence-corrected chi connectivity index (χ2v) is 17.6. The lowest BCUT2D eigenvalue weighted by molar-refractivity contribution is -0.142. The van der Waals surface area contributed by atoms with Crippen molar-refractivity contribution in [3.63, 3.8) is 0 Å². The van der Waals surface area contributed by atoms with E-state index in [4.69, 9.17) is 34.4 Å². The van der Waals surface area contributed by atoms with E-state index >= 15 is 0 Å². The zero-order valence-corrected chi connectivity index (χ0v) is 37.0. The Morgan fingerprint density at radius 1 is 0.859 bits per heavy atom. The minimum atomic E-state index is -1.70. The second kappa shape index (κ2) is 25.8. The molecule has 64 heavy (non-hydrogen) atoms. The summed E-state index contributed by atoms with van der Waals surface area (Å²) in [6.45, 7) is -0.329. The van der Waals surface area contributed by atoms with Gasteiger partial charge in [0.1, 0.15) is 36.3 Å². The monoisotopic (exact) mass is 934 g/mol. The molecular weight excluding hydrogens is 877 g/mol. The van der Waals surface area contributed by atoms with Crippen LogP contribution < -0.4 is 61.0 Å². The number of benzene rings is 1. The molecule has 2 aliphatic rings. The van der Waals surface area contributed by atoms with Crippen molar-refractivity contribution in [3.8, 4) is 0 Å². The number of carbonyl (C=O) groups excluding carboxylic acids is 10. The van der Waals surface area contributed by atoms with Gasteiger partial charge in [-0.05, 0) is 37.7 Å². The molecule has 0 unspecified atom stereocenters. The first kappa shape index (κ1) is 52.2. The van der Waals surface area contributed by atoms with E-state index in [1.54, 1.807) is 30.3 Å². The number of hydrogen-bond acceptors (Lipinski definition) is 14. The molecule has 0 aliphatic carbocycles. The van der Waals surface area contributed by atoms with Crippen LogP contribution in [0.5, 0.6) is 0 Å². The Bertz CT molecular complexity index is 1910. The highest BCUT2D eigenvalue weighted by atomic mass is 33.1. The van der Waals surface area contributed by atoms with Gasteiger partial charge in [-0.3, -0.25) is 52.9 Å². The van der Waals surface area contributed by atoms with Gasteiger partial charge in [-0.1, -0.05) is 51.9 Å². The Morgan fingerprint density at radius 3 is 2.16 bits per heavy atom. The molecule has 2 heterocycles. The number of hydrogen-bond donors (Lipinski definition) is 11. The number of nitrogens with two attached hydrogens (primary N) is 6. The lowest BCUT2D eigenvalue weighted by atomic mass is 10.0. The summed E-state index contributed by atoms with van der Waals surface area (Å²) in [7, 11) is 3.52. The molecule has 2 aliphatic heterocycles. The van der Waals surface area contributed by atoms with Gasteiger partial charge in [-0.15, -0.1) is 0 Å². The number of carbonyl (C=O) groups is 10. The van der Waals surface area contributed by atoms with E-state index in [0.717, 1.165) is 26.5 Å². The van der Waals surface area contributed by atoms with Gasteiger partial charge < -0.3 is 70.8 Å². The summed E-state index contributed by atoms with van der Waals surface area (Å²) in [5.74, 6) is -8.67. The maximum atomic E-state index is 14.4. The molecule has 0 spiro atoms. The molecule has 1 aromatic carbocycles. The van der Waals surface area contributed by atoms with Crippen LogP contribution >= 0.6 is 21.6 Å². The highest BCUT2D eigenvalue weighted by Crippen LogP contribution is 2.26. The van der Waals surface area contributed by atoms with Crippen LogP contribution in [0.4, 0.5) is 0 Å². The Hall–Kier alpha value is -6.15. The van der Waals surface area contributed by atoms with Gasteiger partial charge in [0.25, 0.3) is 0 Å². The molecule has 10 amide bonds. The summed E-state index contributed by atoms with van der Waals surface area (Å²) < 4.78 is 0. The number of primary amides is 3. The van der Waals surface area contributed by atoms with E-state index < -0.39 is 114 Å². The van der Waals surface area contributed by atoms with Crippen LogP contribution in [0.2, 0.25) is 0 Å². The fraction of sp³-hybridized carbons (Fsp3) is 0.553. The molecule has 0 bridgehead atoms. The first-order valence-electron chi connectivity index (χ1n) is 20.3. The molecule has 26 heteroatoms. The highest BCUT2D eigenvalue weighted by molar-refractivity contribution is 8.76. The van der Waals surface area contributed by atoms with Crippen molar-refractivity contribution in [2.45, 2.75) is 93.7 Å². The SMILES string of the molecule is CN1C(=O)[C@@H](N)CSSC[C@@H](C(=O)N2CCC[C@H]2C(=O)N[C@@H](CCCN=C(N)N)C(=O)NCC(N)=O)NC(=O)[C@H](CC(N)=O)NC(=O)[C@H](CCC(N)=O)NC(=O)[C@@H]1Cc1ccccc1. The minimum absolute atomic E-state index is 0.00225. The van der Waals surface area contributed by atoms with Gasteiger partial charge in [0.2, 0.25) is 59.1 Å². The van der Waals surface area contributed by atoms with Crippen LogP contribution in [0.15, 0.2) is 35.3 Å². The van der Waals surface area contributed by atoms with Crippen molar-refractivity contribution in [2.75, 3.05) is 38.2 Å². The molecule has 0 aromatic heterocycles. The van der Waals surface area contributed by atoms with E-state index in [0.29, 0.717) is 12.0 Å². The predicted octanol–water partition coefficient (Wildman–Crippen LogP) is -5.50. The number of likely N-dealkylation sites (tertiary alicyclic amines) is 1. The number of rotatable bonds is 17. The van der Waals surface area contributed by atoms with E-state index in [9.17, 15) is 47.9 Å². The maximum Gasteiger partial charge on any atom is 0.246 e. The van der Waals surface area contributed by atoms with Crippen LogP contribution in [0.1, 0.15) is 50.5 Å². The fourth-order valence-corrected chi connectivity index (χ4v) is 9.03. The van der Waals surface area contributed by atoms with E-state index in [-0.39, 0.29) is 69.1 Å². The molecule has 0 saturated carbocycles. The van der Waals surface area contributed by atoms with E-state index in [1.165, 1.54) is 11.9 Å². The van der Waals surface area contributed by atoms with Crippen molar-refractivity contribution >= 4 is 86.6 Å². The van der Waals surface area contributed by atoms with Crippen molar-refractivity contribution < 1.29 is 47.9 Å². The molecular formula is C38H58N14O10S2. The summed E-state index contributed by atoms with van der Waals surface area (Å²) >= 11 is 0. The van der Waals surface area contributed by atoms with Crippen LogP contribution in [-0.2, 0) is 54.4 Å². The molecule has 1 aromatic rings. The lowest BCUT2D eigenvalue weighted by Gasteiger charge is -2.31.